The van der Waals surface area contributed by atoms with Gasteiger partial charge in [-0.2, -0.15) is 0 Å². The second-order valence-electron chi connectivity index (χ2n) is 5.58. The first-order valence-electron chi connectivity index (χ1n) is 8.53. The van der Waals surface area contributed by atoms with Gasteiger partial charge in [-0.1, -0.05) is 17.8 Å². The van der Waals surface area contributed by atoms with Crippen LogP contribution in [0, 0.1) is 0 Å². The highest BCUT2D eigenvalue weighted by molar-refractivity contribution is 7.99. The van der Waals surface area contributed by atoms with Gasteiger partial charge in [0.05, 0.1) is 19.5 Å². The SMILES string of the molecule is CCOc1ccc(-n2ccnc2SCC(=O)Nc2cccc(OC)c2)cc1. The van der Waals surface area contributed by atoms with Crippen LogP contribution in [0.1, 0.15) is 6.92 Å². The summed E-state index contributed by atoms with van der Waals surface area (Å²) in [6.07, 6.45) is 3.59. The van der Waals surface area contributed by atoms with Crippen LogP contribution in [0.4, 0.5) is 5.69 Å². The van der Waals surface area contributed by atoms with Crippen LogP contribution in [0.5, 0.6) is 11.5 Å². The average Bonchev–Trinajstić information content (AvgIpc) is 3.16. The standard InChI is InChI=1S/C20H21N3O3S/c1-3-26-17-9-7-16(8-10-17)23-12-11-21-20(23)27-14-19(24)22-15-5-4-6-18(13-15)25-2/h4-13H,3,14H2,1-2H3,(H,22,24). The van der Waals surface area contributed by atoms with E-state index < -0.39 is 0 Å². The lowest BCUT2D eigenvalue weighted by atomic mass is 10.3. The number of benzene rings is 2. The number of amides is 1. The molecule has 1 aromatic heterocycles. The number of rotatable bonds is 8. The van der Waals surface area contributed by atoms with E-state index in [9.17, 15) is 4.79 Å². The quantitative estimate of drug-likeness (QED) is 0.596. The van der Waals surface area contributed by atoms with E-state index in [1.54, 1.807) is 19.4 Å². The molecule has 0 aliphatic carbocycles. The Balaban J connectivity index is 1.61. The fraction of sp³-hybridized carbons (Fsp3) is 0.200. The molecule has 0 atom stereocenters. The van der Waals surface area contributed by atoms with E-state index >= 15 is 0 Å². The highest BCUT2D eigenvalue weighted by Gasteiger charge is 2.10. The Labute approximate surface area is 162 Å². The number of anilines is 1. The molecular formula is C20H21N3O3S. The summed E-state index contributed by atoms with van der Waals surface area (Å²) < 4.78 is 12.6. The summed E-state index contributed by atoms with van der Waals surface area (Å²) in [6.45, 7) is 2.59. The second kappa shape index (κ2) is 9.14. The third-order valence-electron chi connectivity index (χ3n) is 3.72. The number of nitrogens with zero attached hydrogens (tertiary/aromatic N) is 2. The van der Waals surface area contributed by atoms with Crippen LogP contribution >= 0.6 is 11.8 Å². The number of methoxy groups -OCH3 is 1. The van der Waals surface area contributed by atoms with Crippen LogP contribution in [0.2, 0.25) is 0 Å². The summed E-state index contributed by atoms with van der Waals surface area (Å²) in [5.41, 5.74) is 1.67. The highest BCUT2D eigenvalue weighted by Crippen LogP contribution is 2.23. The van der Waals surface area contributed by atoms with Crippen molar-refractivity contribution < 1.29 is 14.3 Å². The fourth-order valence-corrected chi connectivity index (χ4v) is 3.26. The van der Waals surface area contributed by atoms with Crippen molar-refractivity contribution >= 4 is 23.4 Å². The Morgan fingerprint density at radius 1 is 1.19 bits per heavy atom. The second-order valence-corrected chi connectivity index (χ2v) is 6.52. The maximum absolute atomic E-state index is 12.2. The molecule has 2 aromatic carbocycles. The van der Waals surface area contributed by atoms with Crippen LogP contribution in [-0.4, -0.2) is 34.9 Å². The molecule has 27 heavy (non-hydrogen) atoms. The van der Waals surface area contributed by atoms with Gasteiger partial charge in [-0.25, -0.2) is 4.98 Å². The van der Waals surface area contributed by atoms with Gasteiger partial charge < -0.3 is 14.8 Å². The predicted octanol–water partition coefficient (Wildman–Crippen LogP) is 4.01. The molecule has 0 radical (unpaired) electrons. The van der Waals surface area contributed by atoms with Crippen molar-refractivity contribution in [2.75, 3.05) is 24.8 Å². The number of imidazole rings is 1. The number of carbonyl (C=O) groups is 1. The number of hydrogen-bond donors (Lipinski definition) is 1. The Kier molecular flexibility index (Phi) is 6.38. The van der Waals surface area contributed by atoms with Crippen molar-refractivity contribution in [3.8, 4) is 17.2 Å². The predicted molar refractivity (Wildman–Crippen MR) is 107 cm³/mol. The van der Waals surface area contributed by atoms with Crippen molar-refractivity contribution in [3.63, 3.8) is 0 Å². The molecule has 1 amide bonds. The number of thioether (sulfide) groups is 1. The first-order valence-corrected chi connectivity index (χ1v) is 9.51. The van der Waals surface area contributed by atoms with Gasteiger partial charge in [-0.05, 0) is 43.3 Å². The molecule has 0 spiro atoms. The van der Waals surface area contributed by atoms with E-state index in [1.807, 2.05) is 60.2 Å². The molecule has 0 saturated heterocycles. The molecule has 0 aliphatic heterocycles. The van der Waals surface area contributed by atoms with Gasteiger partial charge in [-0.3, -0.25) is 9.36 Å². The summed E-state index contributed by atoms with van der Waals surface area (Å²) in [7, 11) is 1.59. The van der Waals surface area contributed by atoms with Gasteiger partial charge in [0.1, 0.15) is 11.5 Å². The largest absolute Gasteiger partial charge is 0.497 e. The molecule has 1 heterocycles. The first-order chi connectivity index (χ1) is 13.2. The van der Waals surface area contributed by atoms with Crippen LogP contribution < -0.4 is 14.8 Å². The van der Waals surface area contributed by atoms with E-state index in [0.29, 0.717) is 18.0 Å². The molecule has 140 valence electrons. The lowest BCUT2D eigenvalue weighted by molar-refractivity contribution is -0.113. The third kappa shape index (κ3) is 5.04. The Morgan fingerprint density at radius 2 is 2.00 bits per heavy atom. The van der Waals surface area contributed by atoms with Crippen molar-refractivity contribution in [1.29, 1.82) is 0 Å². The fourth-order valence-electron chi connectivity index (χ4n) is 2.49. The maximum atomic E-state index is 12.2. The molecule has 0 bridgehead atoms. The van der Waals surface area contributed by atoms with E-state index in [-0.39, 0.29) is 11.7 Å². The first kappa shape index (κ1) is 18.8. The summed E-state index contributed by atoms with van der Waals surface area (Å²) in [4.78, 5) is 16.6. The summed E-state index contributed by atoms with van der Waals surface area (Å²) in [5, 5.41) is 3.62. The normalized spacial score (nSPS) is 10.4. The molecule has 7 heteroatoms. The third-order valence-corrected chi connectivity index (χ3v) is 4.69. The van der Waals surface area contributed by atoms with Gasteiger partial charge in [0.2, 0.25) is 5.91 Å². The van der Waals surface area contributed by atoms with Gasteiger partial charge in [0, 0.05) is 29.8 Å². The zero-order chi connectivity index (χ0) is 19.1. The monoisotopic (exact) mass is 383 g/mol. The van der Waals surface area contributed by atoms with Crippen molar-refractivity contribution in [2.24, 2.45) is 0 Å². The smallest absolute Gasteiger partial charge is 0.234 e. The number of ether oxygens (including phenoxy) is 2. The van der Waals surface area contributed by atoms with Crippen LogP contribution in [0.25, 0.3) is 5.69 Å². The summed E-state index contributed by atoms with van der Waals surface area (Å²) in [5.74, 6) is 1.68. The average molecular weight is 383 g/mol. The minimum atomic E-state index is -0.102. The molecule has 6 nitrogen and oxygen atoms in total. The zero-order valence-corrected chi connectivity index (χ0v) is 16.0. The highest BCUT2D eigenvalue weighted by atomic mass is 32.2. The Bertz CT molecular complexity index is 893. The lowest BCUT2D eigenvalue weighted by Crippen LogP contribution is -2.14. The molecule has 1 N–H and O–H groups in total. The zero-order valence-electron chi connectivity index (χ0n) is 15.2. The van der Waals surface area contributed by atoms with Gasteiger partial charge in [0.25, 0.3) is 0 Å². The summed E-state index contributed by atoms with van der Waals surface area (Å²) >= 11 is 1.38. The maximum Gasteiger partial charge on any atom is 0.234 e. The van der Waals surface area contributed by atoms with Crippen LogP contribution in [0.15, 0.2) is 66.1 Å². The van der Waals surface area contributed by atoms with Gasteiger partial charge in [-0.15, -0.1) is 0 Å². The Hall–Kier alpha value is -2.93. The van der Waals surface area contributed by atoms with Gasteiger partial charge >= 0.3 is 0 Å². The van der Waals surface area contributed by atoms with E-state index in [2.05, 4.69) is 10.3 Å². The van der Waals surface area contributed by atoms with E-state index in [0.717, 1.165) is 16.6 Å². The molecule has 3 rings (SSSR count). The topological polar surface area (TPSA) is 65.4 Å². The lowest BCUT2D eigenvalue weighted by Gasteiger charge is -2.09. The number of hydrogen-bond acceptors (Lipinski definition) is 5. The van der Waals surface area contributed by atoms with Crippen LogP contribution in [0.3, 0.4) is 0 Å². The van der Waals surface area contributed by atoms with Gasteiger partial charge in [0.15, 0.2) is 5.16 Å². The number of nitrogens with one attached hydrogen (secondary N) is 1. The van der Waals surface area contributed by atoms with Crippen molar-refractivity contribution in [1.82, 2.24) is 9.55 Å². The minimum absolute atomic E-state index is 0.102. The number of aromatic nitrogens is 2. The molecule has 0 aliphatic rings. The van der Waals surface area contributed by atoms with Crippen LogP contribution in [-0.2, 0) is 4.79 Å². The summed E-state index contributed by atoms with van der Waals surface area (Å²) in [6, 6.07) is 15.0. The molecule has 0 unspecified atom stereocenters. The van der Waals surface area contributed by atoms with E-state index in [1.165, 1.54) is 11.8 Å². The van der Waals surface area contributed by atoms with E-state index in [4.69, 9.17) is 9.47 Å². The Morgan fingerprint density at radius 3 is 2.74 bits per heavy atom. The molecule has 3 aromatic rings. The molecule has 0 saturated carbocycles. The molecular weight excluding hydrogens is 362 g/mol. The molecule has 0 fully saturated rings. The van der Waals surface area contributed by atoms with Crippen molar-refractivity contribution in [2.45, 2.75) is 12.1 Å². The van der Waals surface area contributed by atoms with Crippen molar-refractivity contribution in [3.05, 3.63) is 60.9 Å². The number of carbonyl (C=O) groups excluding carboxylic acids is 1. The minimum Gasteiger partial charge on any atom is -0.497 e.